The highest BCUT2D eigenvalue weighted by Gasteiger charge is 2.56. The van der Waals surface area contributed by atoms with E-state index >= 15 is 0 Å². The molecule has 0 bridgehead atoms. The topological polar surface area (TPSA) is 119 Å². The molecule has 0 saturated carbocycles. The van der Waals surface area contributed by atoms with E-state index in [9.17, 15) is 24.4 Å². The molecule has 1 aromatic carbocycles. The molecule has 9 nitrogen and oxygen atoms in total. The largest absolute Gasteiger partial charge is 0.444 e. The first-order chi connectivity index (χ1) is 12.5. The number of quaternary nitrogens is 1. The molecule has 3 amide bonds. The Morgan fingerprint density at radius 1 is 1.15 bits per heavy atom. The van der Waals surface area contributed by atoms with Crippen molar-refractivity contribution in [2.24, 2.45) is 0 Å². The molecule has 1 aromatic rings. The van der Waals surface area contributed by atoms with E-state index in [1.54, 1.807) is 51.1 Å². The summed E-state index contributed by atoms with van der Waals surface area (Å²) in [7, 11) is 0. The number of imide groups is 1. The Bertz CT molecular complexity index is 724. The highest BCUT2D eigenvalue weighted by Crippen LogP contribution is 2.21. The van der Waals surface area contributed by atoms with Crippen molar-refractivity contribution in [3.05, 3.63) is 35.9 Å². The minimum Gasteiger partial charge on any atom is -0.444 e. The SMILES string of the molecule is CC(C)(C)OC(=O)N[C@@H](Cc1ccccc1)C(=O)O[N+]1(O)C(=O)CCC1=O. The molecule has 1 fully saturated rings. The minimum absolute atomic E-state index is 0.0152. The molecule has 0 radical (unpaired) electrons. The number of carbonyl (C=O) groups is 4. The Hall–Kier alpha value is -2.78. The molecular weight excluding hydrogens is 356 g/mol. The molecule has 0 aromatic heterocycles. The Balaban J connectivity index is 2.17. The fraction of sp³-hybridized carbons (Fsp3) is 0.444. The summed E-state index contributed by atoms with van der Waals surface area (Å²) in [5, 5.41) is 12.4. The smallest absolute Gasteiger partial charge is 0.408 e. The van der Waals surface area contributed by atoms with Crippen LogP contribution in [0.15, 0.2) is 30.3 Å². The van der Waals surface area contributed by atoms with Gasteiger partial charge in [-0.3, -0.25) is 0 Å². The van der Waals surface area contributed by atoms with Gasteiger partial charge in [-0.05, 0) is 26.3 Å². The number of benzene rings is 1. The molecule has 27 heavy (non-hydrogen) atoms. The average Bonchev–Trinajstić information content (AvgIpc) is 2.81. The van der Waals surface area contributed by atoms with Gasteiger partial charge in [-0.25, -0.2) is 24.0 Å². The lowest BCUT2D eigenvalue weighted by atomic mass is 10.1. The number of rotatable bonds is 5. The quantitative estimate of drug-likeness (QED) is 0.453. The lowest BCUT2D eigenvalue weighted by molar-refractivity contribution is -1.12. The number of hydrogen-bond acceptors (Lipinski definition) is 7. The number of carbonyl (C=O) groups excluding carboxylic acids is 4. The van der Waals surface area contributed by atoms with E-state index in [2.05, 4.69) is 5.32 Å². The number of amides is 3. The molecule has 1 aliphatic rings. The number of nitrogens with zero attached hydrogens (tertiary/aromatic N) is 1. The fourth-order valence-electron chi connectivity index (χ4n) is 2.44. The van der Waals surface area contributed by atoms with Gasteiger partial charge in [0.25, 0.3) is 0 Å². The van der Waals surface area contributed by atoms with Crippen LogP contribution < -0.4 is 5.32 Å². The molecule has 1 heterocycles. The number of hydrogen-bond donors (Lipinski definition) is 2. The van der Waals surface area contributed by atoms with Gasteiger partial charge in [0, 0.05) is 6.42 Å². The lowest BCUT2D eigenvalue weighted by Crippen LogP contribution is -2.55. The van der Waals surface area contributed by atoms with E-state index in [-0.39, 0.29) is 19.3 Å². The van der Waals surface area contributed by atoms with Gasteiger partial charge < -0.3 is 10.1 Å². The highest BCUT2D eigenvalue weighted by atomic mass is 17.0. The summed E-state index contributed by atoms with van der Waals surface area (Å²) in [6.45, 7) is 4.98. The van der Waals surface area contributed by atoms with Crippen molar-refractivity contribution in [2.45, 2.75) is 51.7 Å². The van der Waals surface area contributed by atoms with Crippen LogP contribution in [0.25, 0.3) is 0 Å². The van der Waals surface area contributed by atoms with Crippen molar-refractivity contribution in [3.63, 3.8) is 0 Å². The summed E-state index contributed by atoms with van der Waals surface area (Å²) in [4.78, 5) is 50.8. The normalized spacial score (nSPS) is 17.3. The van der Waals surface area contributed by atoms with Crippen LogP contribution in [0, 0.1) is 0 Å². The van der Waals surface area contributed by atoms with E-state index < -0.39 is 40.3 Å². The van der Waals surface area contributed by atoms with Crippen molar-refractivity contribution in [1.29, 1.82) is 0 Å². The van der Waals surface area contributed by atoms with Gasteiger partial charge in [0.05, 0.1) is 12.8 Å². The standard InChI is InChI=1S/C18H22N2O7/c1-18(2,3)26-17(24)19-13(11-12-7-5-4-6-8-12)16(23)27-20(25)14(21)9-10-15(20)22/h4-8,13,25H,9-11H2,1-3H3/p+1/t13-/m0/s1. The number of ether oxygens (including phenoxy) is 1. The van der Waals surface area contributed by atoms with E-state index in [1.807, 2.05) is 0 Å². The summed E-state index contributed by atoms with van der Waals surface area (Å²) >= 11 is 0. The van der Waals surface area contributed by atoms with Crippen molar-refractivity contribution in [2.75, 3.05) is 0 Å². The van der Waals surface area contributed by atoms with E-state index in [4.69, 9.17) is 9.57 Å². The summed E-state index contributed by atoms with van der Waals surface area (Å²) in [6.07, 6.45) is -1.32. The first-order valence-corrected chi connectivity index (χ1v) is 8.47. The molecular formula is C18H23N2O7+. The third-order valence-electron chi connectivity index (χ3n) is 3.71. The summed E-state index contributed by atoms with van der Waals surface area (Å²) in [5.41, 5.74) is -0.101. The first kappa shape index (κ1) is 20.5. The van der Waals surface area contributed by atoms with E-state index in [0.29, 0.717) is 5.56 Å². The second-order valence-electron chi connectivity index (χ2n) is 7.16. The number of nitrogens with one attached hydrogen (secondary N) is 1. The molecule has 2 N–H and O–H groups in total. The van der Waals surface area contributed by atoms with Gasteiger partial charge in [-0.2, -0.15) is 5.21 Å². The van der Waals surface area contributed by atoms with Gasteiger partial charge in [0.1, 0.15) is 16.5 Å². The van der Waals surface area contributed by atoms with Crippen LogP contribution in [0.3, 0.4) is 0 Å². The monoisotopic (exact) mass is 379 g/mol. The van der Waals surface area contributed by atoms with E-state index in [1.165, 1.54) is 0 Å². The maximum absolute atomic E-state index is 12.5. The molecule has 146 valence electrons. The van der Waals surface area contributed by atoms with Crippen LogP contribution >= 0.6 is 0 Å². The van der Waals surface area contributed by atoms with Gasteiger partial charge in [-0.15, -0.1) is 0 Å². The molecule has 1 atom stereocenters. The maximum atomic E-state index is 12.5. The van der Waals surface area contributed by atoms with Crippen LogP contribution in [-0.4, -0.2) is 45.5 Å². The van der Waals surface area contributed by atoms with Crippen LogP contribution in [0.1, 0.15) is 39.2 Å². The summed E-state index contributed by atoms with van der Waals surface area (Å²) in [5.74, 6) is -3.01. The Kier molecular flexibility index (Phi) is 5.97. The lowest BCUT2D eigenvalue weighted by Gasteiger charge is -2.24. The highest BCUT2D eigenvalue weighted by molar-refractivity contribution is 5.91. The molecule has 9 heteroatoms. The van der Waals surface area contributed by atoms with Crippen LogP contribution in [0.2, 0.25) is 0 Å². The van der Waals surface area contributed by atoms with Crippen LogP contribution in [0.5, 0.6) is 0 Å². The molecule has 0 aliphatic carbocycles. The third kappa shape index (κ3) is 5.35. The molecule has 2 rings (SSSR count). The minimum atomic E-state index is -2.04. The molecule has 0 spiro atoms. The predicted octanol–water partition coefficient (Wildman–Crippen LogP) is 1.63. The molecule has 1 aliphatic heterocycles. The van der Waals surface area contributed by atoms with Gasteiger partial charge in [0.15, 0.2) is 0 Å². The number of alkyl carbamates (subject to hydrolysis) is 1. The molecule has 0 unspecified atom stereocenters. The van der Waals surface area contributed by atoms with Crippen LogP contribution in [-0.2, 0) is 30.4 Å². The second kappa shape index (κ2) is 7.85. The molecule has 1 saturated heterocycles. The average molecular weight is 379 g/mol. The fourth-order valence-corrected chi connectivity index (χ4v) is 2.44. The van der Waals surface area contributed by atoms with E-state index in [0.717, 1.165) is 0 Å². The zero-order chi connectivity index (χ0) is 20.2. The Labute approximate surface area is 156 Å². The number of hydroxylamine groups is 4. The Morgan fingerprint density at radius 3 is 2.22 bits per heavy atom. The first-order valence-electron chi connectivity index (χ1n) is 8.47. The van der Waals surface area contributed by atoms with Crippen molar-refractivity contribution in [3.8, 4) is 0 Å². The van der Waals surface area contributed by atoms with Crippen molar-refractivity contribution >= 4 is 23.9 Å². The van der Waals surface area contributed by atoms with Crippen LogP contribution in [0.4, 0.5) is 4.79 Å². The third-order valence-corrected chi connectivity index (χ3v) is 3.71. The maximum Gasteiger partial charge on any atom is 0.408 e. The zero-order valence-electron chi connectivity index (χ0n) is 15.4. The van der Waals surface area contributed by atoms with Crippen molar-refractivity contribution in [1.82, 2.24) is 5.32 Å². The predicted molar refractivity (Wildman–Crippen MR) is 90.7 cm³/mol. The summed E-state index contributed by atoms with van der Waals surface area (Å²) in [6, 6.07) is 7.47. The van der Waals surface area contributed by atoms with Crippen molar-refractivity contribution < 1.29 is 38.8 Å². The van der Waals surface area contributed by atoms with Gasteiger partial charge in [0.2, 0.25) is 0 Å². The zero-order valence-corrected chi connectivity index (χ0v) is 15.4. The van der Waals surface area contributed by atoms with Gasteiger partial charge in [-0.1, -0.05) is 30.3 Å². The Morgan fingerprint density at radius 2 is 1.70 bits per heavy atom. The summed E-state index contributed by atoms with van der Waals surface area (Å²) < 4.78 is 5.13. The second-order valence-corrected chi connectivity index (χ2v) is 7.16. The van der Waals surface area contributed by atoms with Gasteiger partial charge >= 0.3 is 23.9 Å².